The molecule has 0 spiro atoms. The molecule has 6 fully saturated rings. The first-order valence-electron chi connectivity index (χ1n) is 35.9. The van der Waals surface area contributed by atoms with Gasteiger partial charge in [0.1, 0.15) is 0 Å². The summed E-state index contributed by atoms with van der Waals surface area (Å²) >= 11 is 18.0. The summed E-state index contributed by atoms with van der Waals surface area (Å²) < 4.78 is 21.4. The Labute approximate surface area is 621 Å². The van der Waals surface area contributed by atoms with Gasteiger partial charge in [0.15, 0.2) is 0 Å². The fourth-order valence-electron chi connectivity index (χ4n) is 15.1. The number of hydrogen-bond donors (Lipinski definition) is 6. The number of aromatic nitrogens is 3. The smallest absolute Gasteiger partial charge is 0.261 e. The number of imide groups is 1. The minimum atomic E-state index is -3.55. The van der Waals surface area contributed by atoms with Crippen molar-refractivity contribution in [3.05, 3.63) is 257 Å². The van der Waals surface area contributed by atoms with Gasteiger partial charge in [0.05, 0.1) is 76.0 Å². The summed E-state index contributed by atoms with van der Waals surface area (Å²) in [4.78, 5) is 41.3. The third-order valence-electron chi connectivity index (χ3n) is 21.5. The number of carbonyl (C=O) groups excluding carboxylic acids is 2. The van der Waals surface area contributed by atoms with Crippen molar-refractivity contribution in [2.45, 2.75) is 208 Å². The highest BCUT2D eigenvalue weighted by atomic mass is 35.7. The topological polar surface area (TPSA) is 270 Å². The van der Waals surface area contributed by atoms with Crippen LogP contribution in [0.5, 0.6) is 0 Å². The van der Waals surface area contributed by atoms with E-state index in [-0.39, 0.29) is 48.6 Å². The van der Waals surface area contributed by atoms with E-state index >= 15 is 0 Å². The van der Waals surface area contributed by atoms with Crippen LogP contribution in [0.4, 0.5) is 0 Å². The van der Waals surface area contributed by atoms with Crippen LogP contribution in [0.2, 0.25) is 15.1 Å². The maximum absolute atomic E-state index is 12.9. The number of fused-ring (bicyclic) bond motifs is 1. The summed E-state index contributed by atoms with van der Waals surface area (Å²) in [6.45, 7) is 4.08. The van der Waals surface area contributed by atoms with Crippen LogP contribution in [-0.4, -0.2) is 66.0 Å². The number of rotatable bonds is 17. The minimum Gasteiger partial charge on any atom is -0.412 e. The molecule has 102 heavy (non-hydrogen) atoms. The van der Waals surface area contributed by atoms with Gasteiger partial charge in [-0.1, -0.05) is 108 Å². The van der Waals surface area contributed by atoms with Crippen molar-refractivity contribution in [1.29, 1.82) is 11.1 Å². The lowest BCUT2D eigenvalue weighted by Crippen LogP contribution is -2.30. The molecule has 3 aromatic heterocycles. The number of halogens is 4. The van der Waals surface area contributed by atoms with E-state index in [1.807, 2.05) is 61.5 Å². The van der Waals surface area contributed by atoms with Gasteiger partial charge in [0.25, 0.3) is 20.9 Å². The van der Waals surface area contributed by atoms with Crippen molar-refractivity contribution in [1.82, 2.24) is 19.9 Å². The number of aliphatic hydroxyl groups is 4. The van der Waals surface area contributed by atoms with Gasteiger partial charge in [0, 0.05) is 32.9 Å². The van der Waals surface area contributed by atoms with Crippen LogP contribution in [0.25, 0.3) is 0 Å². The molecule has 6 aliphatic carbocycles. The highest BCUT2D eigenvalue weighted by Gasteiger charge is 2.38. The largest absolute Gasteiger partial charge is 0.412 e. The molecule has 0 saturated heterocycles. The summed E-state index contributed by atoms with van der Waals surface area (Å²) in [6, 6.07) is 50.4. The molecule has 1 aliphatic heterocycles. The van der Waals surface area contributed by atoms with Crippen molar-refractivity contribution in [2.24, 2.45) is 17.8 Å². The van der Waals surface area contributed by atoms with Gasteiger partial charge in [-0.05, 0) is 313 Å². The molecule has 542 valence electrons. The van der Waals surface area contributed by atoms with E-state index in [9.17, 15) is 38.4 Å². The van der Waals surface area contributed by atoms with E-state index in [1.54, 1.807) is 36.4 Å². The number of hydrogen-bond acceptors (Lipinski definition) is 13. The molecule has 5 aromatic carbocycles. The zero-order valence-corrected chi connectivity index (χ0v) is 61.8. The second-order valence-electron chi connectivity index (χ2n) is 28.6. The third kappa shape index (κ3) is 20.4. The van der Waals surface area contributed by atoms with E-state index in [2.05, 4.69) is 66.5 Å². The monoisotopic (exact) mass is 1480 g/mol. The van der Waals surface area contributed by atoms with Gasteiger partial charge in [-0.3, -0.25) is 29.4 Å². The molecule has 8 aromatic rings. The molecule has 8 N–H and O–H groups in total. The molecule has 15 nitrogen and oxygen atoms in total. The molecule has 7 aliphatic rings. The number of benzene rings is 5. The second-order valence-corrected chi connectivity index (χ2v) is 32.5. The second kappa shape index (κ2) is 35.8. The van der Waals surface area contributed by atoms with E-state index in [0.29, 0.717) is 69.6 Å². The molecule has 4 heterocycles. The van der Waals surface area contributed by atoms with E-state index in [0.717, 1.165) is 140 Å². The molecule has 0 radical (unpaired) electrons. The quantitative estimate of drug-likeness (QED) is 0.0283. The number of aryl methyl sites for hydroxylation is 2. The van der Waals surface area contributed by atoms with Crippen LogP contribution in [0.15, 0.2) is 163 Å². The maximum Gasteiger partial charge on any atom is 0.261 e. The van der Waals surface area contributed by atoms with Crippen LogP contribution < -0.4 is 0 Å². The number of pyridine rings is 3. The Balaban J connectivity index is 0.000000166. The fraction of sp³-hybridized carbons (Fsp3) is 0.427. The lowest BCUT2D eigenvalue weighted by atomic mass is 9.76. The molecule has 0 bridgehead atoms. The minimum absolute atomic E-state index is 0. The first kappa shape index (κ1) is 77.8. The Bertz CT molecular complexity index is 4060. The van der Waals surface area contributed by atoms with E-state index in [1.165, 1.54) is 70.5 Å². The highest BCUT2D eigenvalue weighted by Crippen LogP contribution is 2.48. The van der Waals surface area contributed by atoms with Crippen LogP contribution in [-0.2, 0) is 28.6 Å². The number of nitrogens with one attached hydrogen (secondary N) is 2. The fourth-order valence-corrected chi connectivity index (χ4v) is 16.3. The Morgan fingerprint density at radius 2 is 0.745 bits per heavy atom. The highest BCUT2D eigenvalue weighted by molar-refractivity contribution is 8.13. The first-order valence-corrected chi connectivity index (χ1v) is 39.3. The Hall–Kier alpha value is -6.80. The van der Waals surface area contributed by atoms with E-state index in [4.69, 9.17) is 66.5 Å². The summed E-state index contributed by atoms with van der Waals surface area (Å²) in [5, 5.41) is 45.1. The van der Waals surface area contributed by atoms with Gasteiger partial charge in [-0.2, -0.15) is 0 Å². The van der Waals surface area contributed by atoms with Crippen molar-refractivity contribution in [3.8, 4) is 0 Å². The van der Waals surface area contributed by atoms with Crippen LogP contribution >= 0.6 is 45.5 Å². The van der Waals surface area contributed by atoms with Gasteiger partial charge in [0.2, 0.25) is 0 Å². The average molecular weight is 1480 g/mol. The number of carbonyl (C=O) groups is 2. The van der Waals surface area contributed by atoms with Gasteiger partial charge in [-0.15, -0.1) is 0 Å². The van der Waals surface area contributed by atoms with Gasteiger partial charge < -0.3 is 25.9 Å². The molecule has 15 rings (SSSR count). The van der Waals surface area contributed by atoms with Crippen molar-refractivity contribution in [3.63, 3.8) is 0 Å². The zero-order chi connectivity index (χ0) is 71.5. The third-order valence-corrected chi connectivity index (χ3v) is 23.6. The average Bonchev–Trinajstić information content (AvgIpc) is 1.67. The van der Waals surface area contributed by atoms with Gasteiger partial charge >= 0.3 is 0 Å². The molecule has 3 atom stereocenters. The predicted octanol–water partition coefficient (Wildman–Crippen LogP) is 19.7. The number of aliphatic hydroxyl groups excluding tert-OH is 4. The molecular weight excluding hydrogens is 1390 g/mol. The normalized spacial score (nSPS) is 21.7. The lowest BCUT2D eigenvalue weighted by Gasteiger charge is -2.32. The van der Waals surface area contributed by atoms with Crippen LogP contribution in [0.1, 0.15) is 272 Å². The Morgan fingerprint density at radius 3 is 1.06 bits per heavy atom. The van der Waals surface area contributed by atoms with Crippen molar-refractivity contribution < 1.29 is 45.3 Å². The summed E-state index contributed by atoms with van der Waals surface area (Å²) in [7, 11) is 1.54. The van der Waals surface area contributed by atoms with Gasteiger partial charge in [-0.25, -0.2) is 19.5 Å². The van der Waals surface area contributed by atoms with Crippen LogP contribution in [0, 0.1) is 35.7 Å². The van der Waals surface area contributed by atoms with Crippen LogP contribution in [0.3, 0.4) is 0 Å². The standard InChI is InChI=1S/C30H29ClN2O3.C23H28ClNO.C22H26ClNO2.C7H7ClO2S.H2N2.H2O.H2/c31-23-13-11-19(12-14-23)18-7-9-21(10-8-18)28(34)27-16-22(20-5-6-20)15-24(32-27)17-33-29(35)25-3-1-2-4-26(25)30(33)36;1-2-21-13-19(17-3-4-17)14-22(25-21)23(26)18-7-5-15(6-8-18)16-9-11-20(24)12-10-16;23-19-9-7-15(8-10-19)14-3-5-17(6-4-14)22(26)21-12-18(16-1-2-16)11-20(13-25)24-21;1-6-2-4-7(5-3-6)11(8,9)10;1-2;;/h1-4,11-16,18,20-21,28,34H,5-10,17H2;9-15,17-18,23,26H,2-8H2,1H3;7-12,14,16-17,22,25-26H,1-6,13H2;2-5H,1H3;1-2H;1H2;1H. The van der Waals surface area contributed by atoms with Crippen molar-refractivity contribution in [2.75, 3.05) is 0 Å². The predicted molar refractivity (Wildman–Crippen MR) is 403 cm³/mol. The Morgan fingerprint density at radius 1 is 0.451 bits per heavy atom. The molecule has 20 heteroatoms. The molecular formula is C82H96Cl4N6O9S. The molecule has 2 amide bonds. The molecule has 6 saturated carbocycles. The SMILES string of the molecule is CCc1cc(C2CC2)cc(C(O)C2CCC(c3ccc(Cl)cc3)CC2)n1.Cc1ccc(S(=O)(=O)Cl)cc1.N=N.O.O=C1c2ccccc2C(=O)N1Cc1cc(C2CC2)cc(C(O)C2CCC(c3ccc(Cl)cc3)CC2)n1.OCc1cc(C2CC2)cc(C(O)C2CCC(c3ccc(Cl)cc3)CC2)n1.[HH]. The van der Waals surface area contributed by atoms with Crippen molar-refractivity contribution >= 4 is 66.4 Å². The summed E-state index contributed by atoms with van der Waals surface area (Å²) in [5.74, 6) is 3.54. The lowest BCUT2D eigenvalue weighted by molar-refractivity contribution is 0.0637. The Kier molecular flexibility index (Phi) is 27.3. The van der Waals surface area contributed by atoms with E-state index < -0.39 is 27.4 Å². The molecule has 3 unspecified atom stereocenters. The number of nitrogens with zero attached hydrogens (tertiary/aromatic N) is 4. The zero-order valence-electron chi connectivity index (χ0n) is 57.9. The maximum atomic E-state index is 12.9. The summed E-state index contributed by atoms with van der Waals surface area (Å²) in [5.41, 5.74) is 24.5. The summed E-state index contributed by atoms with van der Waals surface area (Å²) in [6.07, 6.45) is 19.0. The first-order chi connectivity index (χ1) is 48.7. The number of amides is 2.